The Kier molecular flexibility index (Phi) is 5.87. The maximum atomic E-state index is 13.1. The first kappa shape index (κ1) is 22.5. The molecule has 4 aromatic carbocycles. The topological polar surface area (TPSA) is 43.8 Å². The minimum Gasteiger partial charge on any atom is -0.507 e. The number of fused-ring (bicyclic) bond motifs is 1. The van der Waals surface area contributed by atoms with E-state index in [1.165, 1.54) is 11.1 Å². The zero-order valence-electron chi connectivity index (χ0n) is 20.2. The number of nitrogens with zero attached hydrogens (tertiary/aromatic N) is 2. The Bertz CT molecular complexity index is 1360. The molecular formula is C31H28N2O2. The summed E-state index contributed by atoms with van der Waals surface area (Å²) in [5, 5.41) is 11.1. The summed E-state index contributed by atoms with van der Waals surface area (Å²) in [7, 11) is 1.93. The molecule has 4 nitrogen and oxygen atoms in total. The monoisotopic (exact) mass is 460 g/mol. The van der Waals surface area contributed by atoms with Crippen molar-refractivity contribution in [2.45, 2.75) is 13.8 Å². The molecule has 0 atom stereocenters. The molecule has 0 fully saturated rings. The van der Waals surface area contributed by atoms with Crippen molar-refractivity contribution in [1.82, 2.24) is 0 Å². The Morgan fingerprint density at radius 3 is 1.77 bits per heavy atom. The second-order valence-corrected chi connectivity index (χ2v) is 9.08. The molecule has 0 spiro atoms. The van der Waals surface area contributed by atoms with Crippen LogP contribution in [0.4, 0.5) is 22.7 Å². The zero-order chi connectivity index (χ0) is 24.5. The Hall–Kier alpha value is -4.31. The van der Waals surface area contributed by atoms with Crippen molar-refractivity contribution in [3.8, 4) is 0 Å². The van der Waals surface area contributed by atoms with Crippen LogP contribution in [0.25, 0.3) is 5.76 Å². The number of hydrogen-bond acceptors (Lipinski definition) is 4. The van der Waals surface area contributed by atoms with Gasteiger partial charge in [-0.15, -0.1) is 0 Å². The van der Waals surface area contributed by atoms with Gasteiger partial charge in [0.25, 0.3) is 0 Å². The molecule has 0 aliphatic carbocycles. The molecule has 4 heteroatoms. The van der Waals surface area contributed by atoms with Crippen LogP contribution in [-0.4, -0.2) is 24.5 Å². The molecule has 0 saturated heterocycles. The van der Waals surface area contributed by atoms with Gasteiger partial charge in [-0.2, -0.15) is 0 Å². The fourth-order valence-corrected chi connectivity index (χ4v) is 4.52. The lowest BCUT2D eigenvalue weighted by Crippen LogP contribution is -2.31. The summed E-state index contributed by atoms with van der Waals surface area (Å²) in [6.07, 6.45) is 0. The Morgan fingerprint density at radius 2 is 1.23 bits per heavy atom. The minimum absolute atomic E-state index is 0.0279. The number of para-hydroxylation sites is 1. The highest BCUT2D eigenvalue weighted by atomic mass is 16.3. The summed E-state index contributed by atoms with van der Waals surface area (Å²) >= 11 is 0. The Morgan fingerprint density at radius 1 is 0.743 bits per heavy atom. The van der Waals surface area contributed by atoms with Crippen LogP contribution < -0.4 is 9.80 Å². The number of aliphatic hydroxyl groups is 1. The predicted octanol–water partition coefficient (Wildman–Crippen LogP) is 7.38. The quantitative estimate of drug-likeness (QED) is 0.255. The van der Waals surface area contributed by atoms with Crippen LogP contribution in [0.2, 0.25) is 0 Å². The van der Waals surface area contributed by atoms with Crippen molar-refractivity contribution in [2.75, 3.05) is 23.4 Å². The van der Waals surface area contributed by atoms with Crippen LogP contribution in [0.1, 0.15) is 27.0 Å². The van der Waals surface area contributed by atoms with Gasteiger partial charge in [-0.1, -0.05) is 47.5 Å². The van der Waals surface area contributed by atoms with Crippen LogP contribution in [0, 0.1) is 13.8 Å². The predicted molar refractivity (Wildman–Crippen MR) is 144 cm³/mol. The smallest absolute Gasteiger partial charge is 0.196 e. The molecule has 174 valence electrons. The van der Waals surface area contributed by atoms with Crippen LogP contribution in [0.5, 0.6) is 0 Å². The number of carbonyl (C=O) groups excluding carboxylic acids is 1. The van der Waals surface area contributed by atoms with Gasteiger partial charge in [-0.25, -0.2) is 0 Å². The summed E-state index contributed by atoms with van der Waals surface area (Å²) in [6, 6.07) is 32.1. The van der Waals surface area contributed by atoms with Gasteiger partial charge in [-0.3, -0.25) is 4.79 Å². The van der Waals surface area contributed by atoms with Crippen molar-refractivity contribution in [1.29, 1.82) is 0 Å². The number of carbonyl (C=O) groups is 1. The summed E-state index contributed by atoms with van der Waals surface area (Å²) in [5.74, 6) is -0.0960. The number of Topliss-reactive ketones (excluding diaryl/α,β-unsaturated/α-hetero) is 1. The Balaban J connectivity index is 1.52. The molecule has 5 rings (SSSR count). The van der Waals surface area contributed by atoms with Crippen LogP contribution in [-0.2, 0) is 0 Å². The van der Waals surface area contributed by atoms with Gasteiger partial charge in [0.05, 0.1) is 12.1 Å². The number of benzene rings is 4. The average molecular weight is 461 g/mol. The first-order valence-electron chi connectivity index (χ1n) is 11.7. The third kappa shape index (κ3) is 4.31. The average Bonchev–Trinajstić information content (AvgIpc) is 2.89. The number of aryl methyl sites for hydroxylation is 2. The standard InChI is InChI=1S/C31H28N2O2/c1-21-8-14-24(15-9-21)33(25-16-10-22(2)11-17-25)26-18-12-23(13-19-26)30(34)28-20-32(3)29-7-5-4-6-27(29)31(28)35/h4-19,34H,20H2,1-3H3. The third-order valence-electron chi connectivity index (χ3n) is 6.50. The summed E-state index contributed by atoms with van der Waals surface area (Å²) in [4.78, 5) is 17.3. The van der Waals surface area contributed by atoms with E-state index in [1.807, 2.05) is 60.5 Å². The van der Waals surface area contributed by atoms with Gasteiger partial charge in [0.15, 0.2) is 5.78 Å². The number of hydrogen-bond donors (Lipinski definition) is 1. The molecule has 4 aromatic rings. The van der Waals surface area contributed by atoms with Crippen molar-refractivity contribution in [2.24, 2.45) is 0 Å². The maximum Gasteiger partial charge on any atom is 0.196 e. The van der Waals surface area contributed by atoms with Gasteiger partial charge in [-0.05, 0) is 74.5 Å². The first-order chi connectivity index (χ1) is 16.9. The van der Waals surface area contributed by atoms with E-state index in [4.69, 9.17) is 0 Å². The summed E-state index contributed by atoms with van der Waals surface area (Å²) < 4.78 is 0. The second-order valence-electron chi connectivity index (χ2n) is 9.08. The normalized spacial score (nSPS) is 14.5. The van der Waals surface area contributed by atoms with Crippen LogP contribution in [0.3, 0.4) is 0 Å². The number of aliphatic hydroxyl groups excluding tert-OH is 1. The molecule has 0 amide bonds. The molecule has 0 aromatic heterocycles. The molecule has 0 unspecified atom stereocenters. The third-order valence-corrected chi connectivity index (χ3v) is 6.50. The summed E-state index contributed by atoms with van der Waals surface area (Å²) in [6.45, 7) is 4.52. The molecule has 1 aliphatic heterocycles. The minimum atomic E-state index is -0.124. The van der Waals surface area contributed by atoms with Crippen molar-refractivity contribution >= 4 is 34.3 Å². The second kappa shape index (κ2) is 9.15. The molecule has 1 aliphatic rings. The van der Waals surface area contributed by atoms with Crippen LogP contribution >= 0.6 is 0 Å². The van der Waals surface area contributed by atoms with Crippen molar-refractivity contribution in [3.63, 3.8) is 0 Å². The molecule has 1 N–H and O–H groups in total. The largest absolute Gasteiger partial charge is 0.507 e. The van der Waals surface area contributed by atoms with Crippen molar-refractivity contribution < 1.29 is 9.90 Å². The van der Waals surface area contributed by atoms with E-state index in [2.05, 4.69) is 67.3 Å². The number of anilines is 4. The lowest BCUT2D eigenvalue weighted by molar-refractivity contribution is 0.102. The van der Waals surface area contributed by atoms with E-state index in [0.717, 1.165) is 22.7 Å². The van der Waals surface area contributed by atoms with Crippen LogP contribution in [0.15, 0.2) is 103 Å². The molecule has 0 saturated carbocycles. The van der Waals surface area contributed by atoms with E-state index >= 15 is 0 Å². The highest BCUT2D eigenvalue weighted by molar-refractivity contribution is 6.17. The number of likely N-dealkylation sites (N-methyl/N-ethyl adjacent to an activating group) is 1. The van der Waals surface area contributed by atoms with E-state index in [1.54, 1.807) is 0 Å². The van der Waals surface area contributed by atoms with Gasteiger partial charge in [0.2, 0.25) is 0 Å². The first-order valence-corrected chi connectivity index (χ1v) is 11.7. The highest BCUT2D eigenvalue weighted by Gasteiger charge is 2.28. The van der Waals surface area contributed by atoms with E-state index in [9.17, 15) is 9.90 Å². The molecule has 1 heterocycles. The molecule has 0 bridgehead atoms. The number of ketones is 1. The molecule has 35 heavy (non-hydrogen) atoms. The van der Waals surface area contributed by atoms with E-state index in [-0.39, 0.29) is 11.5 Å². The fourth-order valence-electron chi connectivity index (χ4n) is 4.52. The van der Waals surface area contributed by atoms with Gasteiger partial charge >= 0.3 is 0 Å². The molecular weight excluding hydrogens is 432 g/mol. The lowest BCUT2D eigenvalue weighted by atomic mass is 9.93. The Labute approximate surface area is 206 Å². The highest BCUT2D eigenvalue weighted by Crippen LogP contribution is 2.36. The molecule has 0 radical (unpaired) electrons. The zero-order valence-corrected chi connectivity index (χ0v) is 20.2. The SMILES string of the molecule is Cc1ccc(N(c2ccc(C)cc2)c2ccc(C(O)=C3CN(C)c4ccccc4C3=O)cc2)cc1. The van der Waals surface area contributed by atoms with E-state index < -0.39 is 0 Å². The summed E-state index contributed by atoms with van der Waals surface area (Å²) in [5.41, 5.74) is 8.01. The van der Waals surface area contributed by atoms with Crippen molar-refractivity contribution in [3.05, 3.63) is 125 Å². The maximum absolute atomic E-state index is 13.1. The van der Waals surface area contributed by atoms with Gasteiger partial charge in [0, 0.05) is 40.9 Å². The lowest BCUT2D eigenvalue weighted by Gasteiger charge is -2.29. The van der Waals surface area contributed by atoms with Gasteiger partial charge in [0.1, 0.15) is 5.76 Å². The number of rotatable bonds is 4. The van der Waals surface area contributed by atoms with Gasteiger partial charge < -0.3 is 14.9 Å². The van der Waals surface area contributed by atoms with E-state index in [0.29, 0.717) is 23.2 Å². The fraction of sp³-hybridized carbons (Fsp3) is 0.129.